The van der Waals surface area contributed by atoms with Gasteiger partial charge in [0.2, 0.25) is 5.91 Å². The molecule has 0 fully saturated rings. The minimum Gasteiger partial charge on any atom is -0.506 e. The molecule has 2 rings (SSSR count). The molecule has 1 aromatic rings. The van der Waals surface area contributed by atoms with Crippen LogP contribution in [-0.2, 0) is 17.6 Å². The zero-order valence-corrected chi connectivity index (χ0v) is 10.3. The van der Waals surface area contributed by atoms with Crippen molar-refractivity contribution < 1.29 is 9.90 Å². The number of carbonyl (C=O) groups is 1. The van der Waals surface area contributed by atoms with E-state index in [0.717, 1.165) is 31.2 Å². The number of hydrogen-bond donors (Lipinski definition) is 2. The SMILES string of the molecule is CCCC(=O)Nc1c(O)ccc2c1CCCC2. The van der Waals surface area contributed by atoms with Crippen LogP contribution in [0, 0.1) is 0 Å². The summed E-state index contributed by atoms with van der Waals surface area (Å²) in [7, 11) is 0. The van der Waals surface area contributed by atoms with Gasteiger partial charge in [0.05, 0.1) is 5.69 Å². The van der Waals surface area contributed by atoms with Gasteiger partial charge >= 0.3 is 0 Å². The maximum atomic E-state index is 11.6. The molecule has 0 spiro atoms. The number of rotatable bonds is 3. The minimum absolute atomic E-state index is 0.0122. The van der Waals surface area contributed by atoms with Gasteiger partial charge in [0.25, 0.3) is 0 Å². The monoisotopic (exact) mass is 233 g/mol. The second-order valence-corrected chi connectivity index (χ2v) is 4.60. The number of aryl methyl sites for hydroxylation is 1. The number of nitrogens with one attached hydrogen (secondary N) is 1. The van der Waals surface area contributed by atoms with E-state index in [-0.39, 0.29) is 11.7 Å². The molecule has 0 atom stereocenters. The van der Waals surface area contributed by atoms with Gasteiger partial charge in [-0.3, -0.25) is 4.79 Å². The zero-order valence-electron chi connectivity index (χ0n) is 10.3. The van der Waals surface area contributed by atoms with E-state index >= 15 is 0 Å². The van der Waals surface area contributed by atoms with Crippen molar-refractivity contribution in [3.05, 3.63) is 23.3 Å². The Hall–Kier alpha value is -1.51. The fraction of sp³-hybridized carbons (Fsp3) is 0.500. The van der Waals surface area contributed by atoms with Crippen LogP contribution >= 0.6 is 0 Å². The predicted molar refractivity (Wildman–Crippen MR) is 68.3 cm³/mol. The van der Waals surface area contributed by atoms with Crippen molar-refractivity contribution >= 4 is 11.6 Å². The van der Waals surface area contributed by atoms with Gasteiger partial charge in [0.1, 0.15) is 5.75 Å². The average molecular weight is 233 g/mol. The Morgan fingerprint density at radius 3 is 2.88 bits per heavy atom. The number of phenols is 1. The van der Waals surface area contributed by atoms with Crippen molar-refractivity contribution in [1.29, 1.82) is 0 Å². The van der Waals surface area contributed by atoms with Crippen LogP contribution in [0.4, 0.5) is 5.69 Å². The molecule has 1 aromatic carbocycles. The van der Waals surface area contributed by atoms with Gasteiger partial charge in [-0.25, -0.2) is 0 Å². The van der Waals surface area contributed by atoms with Crippen LogP contribution in [-0.4, -0.2) is 11.0 Å². The molecule has 3 heteroatoms. The number of anilines is 1. The van der Waals surface area contributed by atoms with E-state index in [4.69, 9.17) is 0 Å². The number of aromatic hydroxyl groups is 1. The summed E-state index contributed by atoms with van der Waals surface area (Å²) >= 11 is 0. The standard InChI is InChI=1S/C14H19NO2/c1-2-5-13(17)15-14-11-7-4-3-6-10(11)8-9-12(14)16/h8-9,16H,2-7H2,1H3,(H,15,17). The molecule has 0 unspecified atom stereocenters. The quantitative estimate of drug-likeness (QED) is 0.788. The Morgan fingerprint density at radius 1 is 1.35 bits per heavy atom. The second kappa shape index (κ2) is 5.21. The first kappa shape index (κ1) is 12.0. The molecule has 92 valence electrons. The maximum absolute atomic E-state index is 11.6. The van der Waals surface area contributed by atoms with Crippen molar-refractivity contribution in [1.82, 2.24) is 0 Å². The maximum Gasteiger partial charge on any atom is 0.224 e. The number of hydrogen-bond acceptors (Lipinski definition) is 2. The third-order valence-electron chi connectivity index (χ3n) is 3.25. The van der Waals surface area contributed by atoms with Crippen molar-refractivity contribution in [2.45, 2.75) is 45.4 Å². The molecule has 0 saturated heterocycles. The predicted octanol–water partition coefficient (Wildman–Crippen LogP) is 3.01. The number of amides is 1. The van der Waals surface area contributed by atoms with Crippen LogP contribution in [0.15, 0.2) is 12.1 Å². The molecule has 3 nitrogen and oxygen atoms in total. The van der Waals surface area contributed by atoms with E-state index < -0.39 is 0 Å². The number of carbonyl (C=O) groups excluding carboxylic acids is 1. The van der Waals surface area contributed by atoms with Crippen LogP contribution in [0.25, 0.3) is 0 Å². The fourth-order valence-corrected chi connectivity index (χ4v) is 2.38. The Bertz CT molecular complexity index is 426. The minimum atomic E-state index is -0.0122. The highest BCUT2D eigenvalue weighted by Gasteiger charge is 2.17. The number of fused-ring (bicyclic) bond motifs is 1. The summed E-state index contributed by atoms with van der Waals surface area (Å²) in [5, 5.41) is 12.7. The second-order valence-electron chi connectivity index (χ2n) is 4.60. The average Bonchev–Trinajstić information content (AvgIpc) is 2.33. The lowest BCUT2D eigenvalue weighted by Gasteiger charge is -2.20. The molecule has 1 aliphatic rings. The highest BCUT2D eigenvalue weighted by Crippen LogP contribution is 2.34. The van der Waals surface area contributed by atoms with Crippen LogP contribution in [0.1, 0.15) is 43.7 Å². The zero-order chi connectivity index (χ0) is 12.3. The summed E-state index contributed by atoms with van der Waals surface area (Å²) in [5.74, 6) is 0.178. The molecule has 1 amide bonds. The summed E-state index contributed by atoms with van der Waals surface area (Å²) in [6, 6.07) is 3.66. The molecule has 1 aliphatic carbocycles. The molecule has 17 heavy (non-hydrogen) atoms. The van der Waals surface area contributed by atoms with Crippen molar-refractivity contribution in [3.8, 4) is 5.75 Å². The van der Waals surface area contributed by atoms with Crippen molar-refractivity contribution in [3.63, 3.8) is 0 Å². The van der Waals surface area contributed by atoms with Gasteiger partial charge in [-0.15, -0.1) is 0 Å². The van der Waals surface area contributed by atoms with Gasteiger partial charge < -0.3 is 10.4 Å². The van der Waals surface area contributed by atoms with Gasteiger partial charge in [-0.1, -0.05) is 13.0 Å². The lowest BCUT2D eigenvalue weighted by molar-refractivity contribution is -0.116. The fourth-order valence-electron chi connectivity index (χ4n) is 2.38. The molecule has 0 saturated carbocycles. The topological polar surface area (TPSA) is 49.3 Å². The first-order valence-electron chi connectivity index (χ1n) is 6.36. The molecule has 0 heterocycles. The van der Waals surface area contributed by atoms with E-state index in [1.165, 1.54) is 12.0 Å². The molecule has 0 radical (unpaired) electrons. The summed E-state index contributed by atoms with van der Waals surface area (Å²) in [6.45, 7) is 1.97. The Balaban J connectivity index is 2.28. The molecule has 0 bridgehead atoms. The highest BCUT2D eigenvalue weighted by atomic mass is 16.3. The van der Waals surface area contributed by atoms with Gasteiger partial charge in [-0.05, 0) is 49.3 Å². The molecular formula is C14H19NO2. The van der Waals surface area contributed by atoms with E-state index in [0.29, 0.717) is 12.1 Å². The molecular weight excluding hydrogens is 214 g/mol. The highest BCUT2D eigenvalue weighted by molar-refractivity contribution is 5.93. The largest absolute Gasteiger partial charge is 0.506 e. The normalized spacial score (nSPS) is 14.2. The Kier molecular flexibility index (Phi) is 3.67. The van der Waals surface area contributed by atoms with Crippen LogP contribution in [0.2, 0.25) is 0 Å². The smallest absolute Gasteiger partial charge is 0.224 e. The van der Waals surface area contributed by atoms with E-state index in [1.807, 2.05) is 13.0 Å². The third-order valence-corrected chi connectivity index (χ3v) is 3.25. The van der Waals surface area contributed by atoms with Crippen molar-refractivity contribution in [2.24, 2.45) is 0 Å². The summed E-state index contributed by atoms with van der Waals surface area (Å²) in [6.07, 6.45) is 5.65. The number of phenolic OH excluding ortho intramolecular Hbond substituents is 1. The summed E-state index contributed by atoms with van der Waals surface area (Å²) in [5.41, 5.74) is 3.03. The van der Waals surface area contributed by atoms with Crippen molar-refractivity contribution in [2.75, 3.05) is 5.32 Å². The van der Waals surface area contributed by atoms with Crippen LogP contribution in [0.5, 0.6) is 5.75 Å². The number of benzene rings is 1. The Morgan fingerprint density at radius 2 is 2.12 bits per heavy atom. The lowest BCUT2D eigenvalue weighted by Crippen LogP contribution is -2.15. The van der Waals surface area contributed by atoms with Gasteiger partial charge in [-0.2, -0.15) is 0 Å². The molecule has 0 aromatic heterocycles. The summed E-state index contributed by atoms with van der Waals surface area (Å²) < 4.78 is 0. The Labute approximate surface area is 102 Å². The van der Waals surface area contributed by atoms with Gasteiger partial charge in [0, 0.05) is 6.42 Å². The molecule has 2 N–H and O–H groups in total. The van der Waals surface area contributed by atoms with Crippen LogP contribution < -0.4 is 5.32 Å². The first-order chi connectivity index (χ1) is 8.22. The first-order valence-corrected chi connectivity index (χ1v) is 6.36. The van der Waals surface area contributed by atoms with Gasteiger partial charge in [0.15, 0.2) is 0 Å². The van der Waals surface area contributed by atoms with E-state index in [1.54, 1.807) is 6.07 Å². The summed E-state index contributed by atoms with van der Waals surface area (Å²) in [4.78, 5) is 11.6. The van der Waals surface area contributed by atoms with E-state index in [9.17, 15) is 9.90 Å². The molecule has 0 aliphatic heterocycles. The van der Waals surface area contributed by atoms with E-state index in [2.05, 4.69) is 5.32 Å². The van der Waals surface area contributed by atoms with Crippen LogP contribution in [0.3, 0.4) is 0 Å². The lowest BCUT2D eigenvalue weighted by atomic mass is 9.90. The third kappa shape index (κ3) is 2.60.